The number of fused-ring (bicyclic) bond motifs is 4. The van der Waals surface area contributed by atoms with Crippen molar-refractivity contribution < 1.29 is 51.4 Å². The smallest absolute Gasteiger partial charge is 0.494 e. The van der Waals surface area contributed by atoms with E-state index < -0.39 is 6.48 Å². The number of nitrogen functional groups attached to an aromatic ring is 1. The first-order valence-electron chi connectivity index (χ1n) is 50.2. The number of aromatic nitrogens is 8. The molecule has 18 rings (SSSR count). The molecule has 0 atom stereocenters. The van der Waals surface area contributed by atoms with Gasteiger partial charge in [-0.1, -0.05) is 95.8 Å². The van der Waals surface area contributed by atoms with Gasteiger partial charge >= 0.3 is 13.1 Å². The molecule has 6 aliphatic heterocycles. The fourth-order valence-corrected chi connectivity index (χ4v) is 18.7. The van der Waals surface area contributed by atoms with E-state index in [2.05, 4.69) is 222 Å². The maximum Gasteiger partial charge on any atom is 0.494 e. The number of nitrogens with zero attached hydrogens (tertiary/aromatic N) is 13. The van der Waals surface area contributed by atoms with Crippen molar-refractivity contribution in [1.29, 1.82) is 0 Å². The van der Waals surface area contributed by atoms with E-state index in [1.165, 1.54) is 167 Å². The standard InChI is InChI=1S/C25H27N5O.C19H24BrN3O2.C18H20BrN5O.C17H22BrN5O.C13H19BO3.C7H16N2.C7H16O3/c1-18-5-7-19(8-6-18)20-9-10-23-21(15-20)24(22(16-27-23)25-29-28-17-31-25)26-11-4-14-30-12-2-3-13-30;1-2-25-19(24)16-13-22-17-7-6-14(20)12-15(17)18(16)21-8-5-11-23-9-3-4-10-23;19-13-4-5-16-14(10-13)17(15(11-21-16)18-23-22-12-25-18)20-6-3-9-24-7-1-2-8-24;18-12-4-5-15-13(10-12)16(14(11-21-15)17(24)22-19)20-6-3-9-23-7-1-2-8-23;1-12(2)13(3,4)17-14(16-12)10-6-8-11(15-5)9-7-10;8-4-3-7-9-5-1-2-6-9;1-4-8-7(9-5-2)10-6-3/h5-10,15-17H,2-4,11-14H2,1H3,(H,26,27);6-7,12-13H,2-5,8-11H2,1H3,(H,21,22);4-5,10-12H,1-3,6-9H2,(H,20,21);4-5,10-11H,1-3,6-9,19H2,(H,20,21)(H,22,24);6-9H,1-5H3;1-8H2;7H,4-6H2,1-3H3. The highest BCUT2D eigenvalue weighted by atomic mass is 79.9. The van der Waals surface area contributed by atoms with Crippen LogP contribution in [-0.2, 0) is 28.3 Å². The van der Waals surface area contributed by atoms with Gasteiger partial charge in [0, 0.05) is 106 Å². The molecule has 12 aromatic rings. The largest absolute Gasteiger partial charge is 0.497 e. The number of carbonyl (C=O) groups is 2. The zero-order valence-electron chi connectivity index (χ0n) is 83.8. The van der Waals surface area contributed by atoms with E-state index >= 15 is 0 Å². The summed E-state index contributed by atoms with van der Waals surface area (Å²) in [5.41, 5.74) is 21.4. The van der Waals surface area contributed by atoms with Gasteiger partial charge in [-0.2, -0.15) is 0 Å². The second-order valence-corrected chi connectivity index (χ2v) is 39.2. The number of pyridine rings is 4. The van der Waals surface area contributed by atoms with E-state index in [1.54, 1.807) is 25.7 Å². The van der Waals surface area contributed by atoms with Crippen LogP contribution >= 0.6 is 47.8 Å². The fourth-order valence-electron chi connectivity index (χ4n) is 17.6. The summed E-state index contributed by atoms with van der Waals surface area (Å²) in [6.07, 6.45) is 28.3. The van der Waals surface area contributed by atoms with E-state index in [9.17, 15) is 9.59 Å². The maximum absolute atomic E-state index is 12.3. The molecule has 6 saturated heterocycles. The number of likely N-dealkylation sites (tertiary alicyclic amines) is 5. The number of esters is 1. The van der Waals surface area contributed by atoms with E-state index in [0.29, 0.717) is 49.3 Å². The molecule has 141 heavy (non-hydrogen) atoms. The second kappa shape index (κ2) is 57.6. The number of halogens is 3. The number of nitrogens with two attached hydrogens (primary N) is 2. The monoisotopic (exact) mass is 2120 g/mol. The van der Waals surface area contributed by atoms with Crippen LogP contribution in [0, 0.1) is 6.92 Å². The van der Waals surface area contributed by atoms with Gasteiger partial charge in [0.2, 0.25) is 12.8 Å². The fraction of sp³-hybridized carbons (Fsp3) is 0.491. The van der Waals surface area contributed by atoms with Crippen LogP contribution in [0.25, 0.3) is 77.6 Å². The highest BCUT2D eigenvalue weighted by Crippen LogP contribution is 2.40. The number of aryl methyl sites for hydroxylation is 1. The molecule has 12 heterocycles. The van der Waals surface area contributed by atoms with Crippen LogP contribution in [0.2, 0.25) is 0 Å². The first-order chi connectivity index (χ1) is 68.6. The van der Waals surface area contributed by atoms with Crippen molar-refractivity contribution in [2.75, 3.05) is 186 Å². The minimum atomic E-state index is -0.472. The molecule has 35 heteroatoms. The molecule has 1 amide bonds. The number of benzene rings is 6. The van der Waals surface area contributed by atoms with Crippen LogP contribution < -0.4 is 48.5 Å². The lowest BCUT2D eigenvalue weighted by atomic mass is 9.79. The Morgan fingerprint density at radius 1 is 0.447 bits per heavy atom. The van der Waals surface area contributed by atoms with Crippen LogP contribution in [0.5, 0.6) is 5.75 Å². The number of nitrogens with one attached hydrogen (secondary N) is 5. The van der Waals surface area contributed by atoms with Crippen molar-refractivity contribution in [3.63, 3.8) is 0 Å². The molecule has 0 bridgehead atoms. The average Bonchev–Trinajstić information content (AvgIpc) is 1.58. The first-order valence-corrected chi connectivity index (χ1v) is 52.6. The Balaban J connectivity index is 0.000000152. The van der Waals surface area contributed by atoms with Gasteiger partial charge < -0.3 is 93.3 Å². The maximum atomic E-state index is 12.3. The van der Waals surface area contributed by atoms with Crippen molar-refractivity contribution in [3.8, 4) is 39.8 Å². The summed E-state index contributed by atoms with van der Waals surface area (Å²) in [4.78, 5) is 54.9. The third-order valence-corrected chi connectivity index (χ3v) is 27.3. The number of methoxy groups -OCH3 is 1. The van der Waals surface area contributed by atoms with Gasteiger partial charge in [0.1, 0.15) is 11.3 Å². The third kappa shape index (κ3) is 33.1. The van der Waals surface area contributed by atoms with Gasteiger partial charge in [-0.15, -0.1) is 20.4 Å². The van der Waals surface area contributed by atoms with Crippen LogP contribution in [0.4, 0.5) is 22.7 Å². The summed E-state index contributed by atoms with van der Waals surface area (Å²) >= 11 is 10.5. The molecular formula is C106H144BBr3N20O11. The number of ether oxygens (including phenoxy) is 5. The first kappa shape index (κ1) is 110. The number of hydrazine groups is 1. The summed E-state index contributed by atoms with van der Waals surface area (Å²) in [5, 5.41) is 33.9. The van der Waals surface area contributed by atoms with Gasteiger partial charge in [-0.05, 0) is 359 Å². The van der Waals surface area contributed by atoms with Gasteiger partial charge in [-0.25, -0.2) is 10.6 Å². The molecule has 6 fully saturated rings. The molecule has 9 N–H and O–H groups in total. The molecule has 6 aromatic carbocycles. The molecule has 0 radical (unpaired) electrons. The zero-order chi connectivity index (χ0) is 99.7. The van der Waals surface area contributed by atoms with Crippen molar-refractivity contribution in [1.82, 2.24) is 70.3 Å². The molecule has 6 aliphatic rings. The quantitative estimate of drug-likeness (QED) is 0.00362. The van der Waals surface area contributed by atoms with Crippen molar-refractivity contribution in [2.45, 2.75) is 176 Å². The minimum Gasteiger partial charge on any atom is -0.497 e. The summed E-state index contributed by atoms with van der Waals surface area (Å²) in [6.45, 7) is 41.8. The Morgan fingerprint density at radius 3 is 1.17 bits per heavy atom. The predicted molar refractivity (Wildman–Crippen MR) is 576 cm³/mol. The van der Waals surface area contributed by atoms with Gasteiger partial charge in [0.05, 0.1) is 86.4 Å². The number of rotatable bonds is 37. The zero-order valence-corrected chi connectivity index (χ0v) is 88.6. The van der Waals surface area contributed by atoms with Gasteiger partial charge in [-0.3, -0.25) is 30.2 Å². The molecule has 0 spiro atoms. The van der Waals surface area contributed by atoms with Crippen molar-refractivity contribution in [3.05, 3.63) is 189 Å². The summed E-state index contributed by atoms with van der Waals surface area (Å²) in [7, 11) is 1.36. The molecular weight excluding hydrogens is 1980 g/mol. The topological polar surface area (TPSA) is 357 Å². The van der Waals surface area contributed by atoms with Gasteiger partial charge in [0.25, 0.3) is 24.2 Å². The van der Waals surface area contributed by atoms with Crippen LogP contribution in [0.3, 0.4) is 0 Å². The Hall–Kier alpha value is -9.80. The SMILES string of the molecule is Brc1ccc2ncc(-c3nnco3)c(NCCCN3CCCC3)c2c1.CCOC(=O)c1cnc2ccc(Br)cc2c1NCCCN1CCCC1.CCOC(OCC)OCC.COc1ccc(B2OC(C)(C)C(C)(C)O2)cc1.Cc1ccc(-c2ccc3ncc(-c4nnco4)c(NCCCN4CCCC4)c3c2)cc1.NCCCN1CCCC1.NNC(=O)c1cnc2ccc(Br)cc2c1NCCCN1CCCC1. The molecule has 0 unspecified atom stereocenters. The Morgan fingerprint density at radius 2 is 0.801 bits per heavy atom. The molecule has 6 aromatic heterocycles. The van der Waals surface area contributed by atoms with E-state index in [0.717, 1.165) is 192 Å². The van der Waals surface area contributed by atoms with Crippen LogP contribution in [-0.4, -0.2) is 266 Å². The lowest BCUT2D eigenvalue weighted by Gasteiger charge is -2.32. The molecule has 31 nitrogen and oxygen atoms in total. The lowest BCUT2D eigenvalue weighted by Crippen LogP contribution is -2.41. The number of hydrogen-bond acceptors (Lipinski definition) is 30. The average molecular weight is 2120 g/mol. The normalized spacial score (nSPS) is 15.7. The number of anilines is 4. The van der Waals surface area contributed by atoms with Gasteiger partial charge in [0.15, 0.2) is 0 Å². The minimum absolute atomic E-state index is 0.294. The summed E-state index contributed by atoms with van der Waals surface area (Å²) in [5.74, 6) is 6.44. The number of carbonyl (C=O) groups excluding carboxylic acids is 2. The highest BCUT2D eigenvalue weighted by molar-refractivity contribution is 9.11. The predicted octanol–water partition coefficient (Wildman–Crippen LogP) is 19.5. The van der Waals surface area contributed by atoms with Crippen LogP contribution in [0.15, 0.2) is 181 Å². The van der Waals surface area contributed by atoms with E-state index in [-0.39, 0.29) is 30.2 Å². The second-order valence-electron chi connectivity index (χ2n) is 36.5. The van der Waals surface area contributed by atoms with Crippen molar-refractivity contribution >= 4 is 139 Å². The third-order valence-electron chi connectivity index (χ3n) is 25.8. The Kier molecular flexibility index (Phi) is 45.0. The Bertz CT molecular complexity index is 5750. The number of hydrogen-bond donors (Lipinski definition) is 7. The lowest BCUT2D eigenvalue weighted by molar-refractivity contribution is -0.282. The van der Waals surface area contributed by atoms with E-state index in [1.807, 2.05) is 107 Å². The van der Waals surface area contributed by atoms with Crippen LogP contribution in [0.1, 0.15) is 178 Å². The summed E-state index contributed by atoms with van der Waals surface area (Å²) in [6, 6.07) is 40.6. The molecule has 758 valence electrons. The summed E-state index contributed by atoms with van der Waals surface area (Å²) < 4.78 is 51.3. The number of amides is 1. The van der Waals surface area contributed by atoms with E-state index in [4.69, 9.17) is 53.4 Å². The highest BCUT2D eigenvalue weighted by Gasteiger charge is 2.52. The molecule has 0 saturated carbocycles. The molecule has 0 aliphatic carbocycles. The Labute approximate surface area is 856 Å². The van der Waals surface area contributed by atoms with Crippen molar-refractivity contribution in [2.24, 2.45) is 11.6 Å².